The summed E-state index contributed by atoms with van der Waals surface area (Å²) >= 11 is 0. The van der Waals surface area contributed by atoms with E-state index in [-0.39, 0.29) is 38.6 Å². The van der Waals surface area contributed by atoms with E-state index in [0.29, 0.717) is 42.9 Å². The fourth-order valence-electron chi connectivity index (χ4n) is 10.2. The van der Waals surface area contributed by atoms with Crippen LogP contribution in [0.4, 0.5) is 5.69 Å². The number of aromatic nitrogens is 1. The molecule has 6 aromatic carbocycles. The predicted molar refractivity (Wildman–Crippen MR) is 310 cm³/mol. The zero-order valence-electron chi connectivity index (χ0n) is 43.7. The van der Waals surface area contributed by atoms with E-state index in [4.69, 9.17) is 9.26 Å². The number of rotatable bonds is 17. The lowest BCUT2D eigenvalue weighted by Crippen LogP contribution is -2.61. The first-order valence-corrected chi connectivity index (χ1v) is 27.6. The van der Waals surface area contributed by atoms with Crippen LogP contribution in [0.25, 0.3) is 10.9 Å². The minimum absolute atomic E-state index is 0.00125. The normalized spacial score (nSPS) is 21.4. The Bertz CT molecular complexity index is 3190. The number of benzene rings is 6. The third-order valence-electron chi connectivity index (χ3n) is 14.4. The number of nitrogens with zero attached hydrogens (tertiary/aromatic N) is 2. The molecule has 7 aromatic rings. The molecule has 4 unspecified atom stereocenters. The highest BCUT2D eigenvalue weighted by atomic mass is 31.0. The van der Waals surface area contributed by atoms with Gasteiger partial charge in [0, 0.05) is 65.5 Å². The number of fused-ring (bicyclic) bond motifs is 2. The maximum Gasteiger partial charge on any atom is 0.247 e. The molecular formula is C61H66N8O8P2. The standard InChI is InChI=1S/C61H66N8O8P2/c70-56-49(26-15-16-32-62-45-23-11-4-12-24-45)63-58(72)51(35-44-37-69(78)53-27-14-13-25-48(44)53)65-60(74)55(43-21-9-3-10-22-43)67-59(73)54-36-47(77-79)38-68(54)61(75)52(34-40-17-5-1-6-18-40)66-57(71)50(64-56)33-41-28-30-46(31-29-41)76-39-42-19-7-2-8-20-42/h1-14,17-25,27-31,37,47,49-52,54-55,62H,15-16,26,32-36,38-39,78-79H2,(H,63,72)(H,64,70)(H,65,74)(H,66,71)(H,67,73)/t47?,49-,50-,51?,52-,54+,55-/m1/s1. The molecule has 79 heavy (non-hydrogen) atoms. The summed E-state index contributed by atoms with van der Waals surface area (Å²) < 4.78 is 13.6. The van der Waals surface area contributed by atoms with Crippen LogP contribution in [0.1, 0.15) is 59.5 Å². The zero-order chi connectivity index (χ0) is 55.1. The van der Waals surface area contributed by atoms with Gasteiger partial charge in [-0.05, 0) is 86.8 Å². The van der Waals surface area contributed by atoms with E-state index in [2.05, 4.69) is 50.8 Å². The fourth-order valence-corrected chi connectivity index (χ4v) is 10.8. The van der Waals surface area contributed by atoms with E-state index in [0.717, 1.165) is 33.3 Å². The van der Waals surface area contributed by atoms with Crippen LogP contribution in [-0.2, 0) is 59.2 Å². The van der Waals surface area contributed by atoms with Crippen molar-refractivity contribution in [3.8, 4) is 5.75 Å². The van der Waals surface area contributed by atoms with E-state index in [9.17, 15) is 4.79 Å². The summed E-state index contributed by atoms with van der Waals surface area (Å²) in [6.07, 6.45) is 2.63. The van der Waals surface area contributed by atoms with Crippen LogP contribution in [0.3, 0.4) is 0 Å². The van der Waals surface area contributed by atoms with Gasteiger partial charge >= 0.3 is 0 Å². The Morgan fingerprint density at radius 2 is 1.10 bits per heavy atom. The number of anilines is 1. The van der Waals surface area contributed by atoms with Gasteiger partial charge < -0.3 is 50.4 Å². The van der Waals surface area contributed by atoms with E-state index >= 15 is 24.0 Å². The molecule has 0 bridgehead atoms. The van der Waals surface area contributed by atoms with Gasteiger partial charge in [-0.2, -0.15) is 0 Å². The quantitative estimate of drug-likeness (QED) is 0.0422. The average Bonchev–Trinajstić information content (AvgIpc) is 4.15. The molecule has 18 heteroatoms. The average molecular weight is 1100 g/mol. The van der Waals surface area contributed by atoms with Gasteiger partial charge in [0.2, 0.25) is 35.4 Å². The highest BCUT2D eigenvalue weighted by Crippen LogP contribution is 2.28. The van der Waals surface area contributed by atoms with Crippen LogP contribution >= 0.6 is 18.9 Å². The van der Waals surface area contributed by atoms with Gasteiger partial charge in [0.1, 0.15) is 48.6 Å². The molecule has 16 nitrogen and oxygen atoms in total. The second-order valence-electron chi connectivity index (χ2n) is 20.0. The largest absolute Gasteiger partial charge is 0.489 e. The number of amides is 6. The number of carbonyl (C=O) groups excluding carboxylic acids is 6. The smallest absolute Gasteiger partial charge is 0.247 e. The monoisotopic (exact) mass is 1100 g/mol. The first kappa shape index (κ1) is 55.8. The third-order valence-corrected chi connectivity index (χ3v) is 15.2. The predicted octanol–water partition coefficient (Wildman–Crippen LogP) is 6.76. The molecule has 9 rings (SSSR count). The first-order valence-electron chi connectivity index (χ1n) is 26.6. The van der Waals surface area contributed by atoms with Crippen molar-refractivity contribution in [1.29, 1.82) is 0 Å². The summed E-state index contributed by atoms with van der Waals surface area (Å²) in [5.41, 5.74) is 5.37. The van der Waals surface area contributed by atoms with Gasteiger partial charge in [-0.3, -0.25) is 28.8 Å². The molecule has 0 spiro atoms. The summed E-state index contributed by atoms with van der Waals surface area (Å²) in [6, 6.07) is 44.8. The number of hydrogen-bond donors (Lipinski definition) is 6. The van der Waals surface area contributed by atoms with Crippen molar-refractivity contribution < 1.29 is 38.0 Å². The molecule has 2 fully saturated rings. The topological polar surface area (TPSA) is 201 Å². The van der Waals surface area contributed by atoms with Crippen molar-refractivity contribution in [1.82, 2.24) is 35.8 Å². The lowest BCUT2D eigenvalue weighted by atomic mass is 9.99. The van der Waals surface area contributed by atoms with Gasteiger partial charge in [-0.15, -0.1) is 0 Å². The second kappa shape index (κ2) is 27.1. The van der Waals surface area contributed by atoms with Crippen LogP contribution in [0.15, 0.2) is 176 Å². The van der Waals surface area contributed by atoms with Crippen molar-refractivity contribution in [2.75, 3.05) is 18.4 Å². The molecule has 1 aromatic heterocycles. The Hall–Kier alpha value is -7.90. The van der Waals surface area contributed by atoms with E-state index in [1.54, 1.807) is 42.5 Å². The van der Waals surface area contributed by atoms with Gasteiger partial charge in [0.25, 0.3) is 0 Å². The Morgan fingerprint density at radius 1 is 0.544 bits per heavy atom. The van der Waals surface area contributed by atoms with Crippen LogP contribution in [0, 0.1) is 0 Å². The molecule has 408 valence electrons. The van der Waals surface area contributed by atoms with Crippen molar-refractivity contribution >= 4 is 70.9 Å². The van der Waals surface area contributed by atoms with Crippen molar-refractivity contribution in [2.45, 2.75) is 93.9 Å². The maximum atomic E-state index is 15.2. The second-order valence-corrected chi connectivity index (χ2v) is 20.8. The van der Waals surface area contributed by atoms with Crippen LogP contribution in [0.5, 0.6) is 5.75 Å². The highest BCUT2D eigenvalue weighted by Gasteiger charge is 2.44. The third kappa shape index (κ3) is 14.8. The van der Waals surface area contributed by atoms with Crippen LogP contribution in [-0.4, -0.2) is 94.1 Å². The van der Waals surface area contributed by atoms with E-state index < -0.39 is 77.8 Å². The van der Waals surface area contributed by atoms with Gasteiger partial charge in [0.15, 0.2) is 0 Å². The van der Waals surface area contributed by atoms with Gasteiger partial charge in [0.05, 0.1) is 11.6 Å². The Kier molecular flexibility index (Phi) is 19.2. The zero-order valence-corrected chi connectivity index (χ0v) is 46.0. The summed E-state index contributed by atoms with van der Waals surface area (Å²) in [5, 5.41) is 19.2. The van der Waals surface area contributed by atoms with Crippen LogP contribution in [0.2, 0.25) is 0 Å². The molecule has 9 atom stereocenters. The Morgan fingerprint density at radius 3 is 1.80 bits per heavy atom. The molecule has 0 saturated carbocycles. The number of nitrogens with one attached hydrogen (secondary N) is 6. The number of ether oxygens (including phenoxy) is 1. The molecule has 0 aliphatic carbocycles. The molecule has 6 N–H and O–H groups in total. The minimum Gasteiger partial charge on any atom is -0.489 e. The highest BCUT2D eigenvalue weighted by molar-refractivity contribution is 7.14. The van der Waals surface area contributed by atoms with Gasteiger partial charge in [-0.25, -0.2) is 0 Å². The summed E-state index contributed by atoms with van der Waals surface area (Å²) in [4.78, 5) is 91.9. The maximum absolute atomic E-state index is 15.2. The fraction of sp³-hybridized carbons (Fsp3) is 0.279. The van der Waals surface area contributed by atoms with Crippen LogP contribution < -0.4 is 36.6 Å². The minimum atomic E-state index is -1.33. The summed E-state index contributed by atoms with van der Waals surface area (Å²) in [5.74, 6) is -3.24. The number of unbranched alkanes of at least 4 members (excludes halogenated alkanes) is 1. The molecule has 6 amide bonds. The SMILES string of the molecule is O=C1N[C@H](CCCCNc2ccccc2)C(=O)N[C@H](Cc2ccc(OCc3ccccc3)cc2)C(=O)N[C@H](Cc2ccccc2)C(=O)N2CC(OP)C[C@H]2C(=O)N[C@H](c2ccccc2)C(=O)NC1Cc1cn(P)c2ccccc12. The van der Waals surface area contributed by atoms with Crippen molar-refractivity contribution in [2.24, 2.45) is 0 Å². The molecule has 3 heterocycles. The Balaban J connectivity index is 1.09. The van der Waals surface area contributed by atoms with E-state index in [1.807, 2.05) is 138 Å². The lowest BCUT2D eigenvalue weighted by Gasteiger charge is -2.32. The first-order chi connectivity index (χ1) is 38.5. The van der Waals surface area contributed by atoms with Crippen molar-refractivity contribution in [3.63, 3.8) is 0 Å². The van der Waals surface area contributed by atoms with Gasteiger partial charge in [-0.1, -0.05) is 140 Å². The molecular weight excluding hydrogens is 1030 g/mol. The lowest BCUT2D eigenvalue weighted by molar-refractivity contribution is -0.143. The van der Waals surface area contributed by atoms with E-state index in [1.165, 1.54) is 4.90 Å². The number of carbonyl (C=O) groups is 6. The Labute approximate surface area is 464 Å². The molecule has 0 radical (unpaired) electrons. The molecule has 2 aliphatic rings. The van der Waals surface area contributed by atoms with Crippen molar-refractivity contribution in [3.05, 3.63) is 204 Å². The number of para-hydroxylation sites is 2. The number of hydrogen-bond acceptors (Lipinski definition) is 9. The summed E-state index contributed by atoms with van der Waals surface area (Å²) in [7, 11) is 4.87. The molecule has 2 saturated heterocycles. The summed E-state index contributed by atoms with van der Waals surface area (Å²) in [6.45, 7) is 0.915. The molecule has 2 aliphatic heterocycles.